The number of piperidine rings is 1. The van der Waals surface area contributed by atoms with Crippen molar-refractivity contribution in [3.63, 3.8) is 0 Å². The van der Waals surface area contributed by atoms with Crippen LogP contribution in [-0.2, 0) is 22.6 Å². The Kier molecular flexibility index (Phi) is 7.93. The van der Waals surface area contributed by atoms with Crippen molar-refractivity contribution in [1.82, 2.24) is 14.9 Å². The van der Waals surface area contributed by atoms with Gasteiger partial charge in [-0.25, -0.2) is 22.8 Å². The number of rotatable bonds is 8. The summed E-state index contributed by atoms with van der Waals surface area (Å²) in [6, 6.07) is 10.7. The Bertz CT molecular complexity index is 1370. The molecule has 2 aromatic carbocycles. The monoisotopic (exact) mass is 551 g/mol. The van der Waals surface area contributed by atoms with Crippen LogP contribution < -0.4 is 9.62 Å². The molecule has 0 saturated carbocycles. The summed E-state index contributed by atoms with van der Waals surface area (Å²) in [5.41, 5.74) is 0.116. The second-order valence-corrected chi connectivity index (χ2v) is 11.3. The molecule has 1 N–H and O–H groups in total. The smallest absolute Gasteiger partial charge is 0.370 e. The minimum Gasteiger partial charge on any atom is -0.370 e. The minimum atomic E-state index is -4.40. The molecule has 1 saturated heterocycles. The number of hydrogen-bond acceptors (Lipinski definition) is 6. The van der Waals surface area contributed by atoms with E-state index in [-0.39, 0.29) is 11.4 Å². The molecule has 2 heterocycles. The summed E-state index contributed by atoms with van der Waals surface area (Å²) in [5.74, 6) is -0.870. The number of aromatic nitrogens is 2. The zero-order valence-electron chi connectivity index (χ0n) is 21.0. The molecule has 3 aromatic rings. The zero-order chi connectivity index (χ0) is 27.6. The molecule has 0 aliphatic carbocycles. The number of anilines is 2. The number of nitrogens with zero attached hydrogens (tertiary/aromatic N) is 4. The molecule has 0 amide bonds. The molecule has 0 bridgehead atoms. The number of nitrogens with one attached hydrogen (secondary N) is 1. The van der Waals surface area contributed by atoms with E-state index in [1.165, 1.54) is 42.9 Å². The van der Waals surface area contributed by atoms with E-state index in [4.69, 9.17) is 0 Å². The topological polar surface area (TPSA) is 78.4 Å². The average molecular weight is 552 g/mol. The van der Waals surface area contributed by atoms with Gasteiger partial charge in [-0.15, -0.1) is 0 Å². The highest BCUT2D eigenvalue weighted by atomic mass is 32.2. The molecule has 12 heteroatoms. The van der Waals surface area contributed by atoms with Crippen molar-refractivity contribution in [2.45, 2.75) is 42.3 Å². The molecular weight excluding hydrogens is 522 g/mol. The van der Waals surface area contributed by atoms with Gasteiger partial charge < -0.3 is 9.80 Å². The summed E-state index contributed by atoms with van der Waals surface area (Å²) >= 11 is 0. The number of benzene rings is 2. The molecule has 7 nitrogen and oxygen atoms in total. The van der Waals surface area contributed by atoms with E-state index in [1.54, 1.807) is 12.1 Å². The first-order valence-corrected chi connectivity index (χ1v) is 13.5. The minimum absolute atomic E-state index is 0.0241. The fraction of sp³-hybridized carbons (Fsp3) is 0.385. The standard InChI is InChI=1S/C26H29F4N5O2S/c1-34(2)25(12-9-19-5-3-6-20(15-19)26(28,29)30)11-4-14-35(17-25)21-7-8-23(22(27)16-21)38(36,37)33-24-10-13-31-18-32-24/h3,5-8,10,13,15-16,18H,4,9,11-12,14,17H2,1-2H3,(H,31,32,33)/t25-/m1/s1. The van der Waals surface area contributed by atoms with Gasteiger partial charge >= 0.3 is 6.18 Å². The Morgan fingerprint density at radius 1 is 1.13 bits per heavy atom. The van der Waals surface area contributed by atoms with E-state index >= 15 is 4.39 Å². The molecule has 0 radical (unpaired) electrons. The Morgan fingerprint density at radius 3 is 2.58 bits per heavy atom. The Hall–Kier alpha value is -3.25. The van der Waals surface area contributed by atoms with Crippen LogP contribution in [0.3, 0.4) is 0 Å². The quantitative estimate of drug-likeness (QED) is 0.399. The lowest BCUT2D eigenvalue weighted by Gasteiger charge is -2.48. The second kappa shape index (κ2) is 10.9. The Labute approximate surface area is 219 Å². The summed E-state index contributed by atoms with van der Waals surface area (Å²) in [7, 11) is -0.333. The number of sulfonamides is 1. The van der Waals surface area contributed by atoms with E-state index in [0.29, 0.717) is 37.2 Å². The molecule has 204 valence electrons. The van der Waals surface area contributed by atoms with Gasteiger partial charge in [0.05, 0.1) is 5.56 Å². The maximum atomic E-state index is 15.1. The highest BCUT2D eigenvalue weighted by Crippen LogP contribution is 2.35. The fourth-order valence-corrected chi connectivity index (χ4v) is 5.92. The Morgan fingerprint density at radius 2 is 1.92 bits per heavy atom. The lowest BCUT2D eigenvalue weighted by atomic mass is 9.82. The lowest BCUT2D eigenvalue weighted by molar-refractivity contribution is -0.137. The van der Waals surface area contributed by atoms with Crippen molar-refractivity contribution in [2.24, 2.45) is 0 Å². The third-order valence-electron chi connectivity index (χ3n) is 7.03. The van der Waals surface area contributed by atoms with Crippen molar-refractivity contribution >= 4 is 21.5 Å². The SMILES string of the molecule is CN(C)[C@@]1(CCc2cccc(C(F)(F)F)c2)CCCN(c2ccc(S(=O)(=O)Nc3ccncn3)c(F)c2)C1. The van der Waals surface area contributed by atoms with Crippen LogP contribution in [0.4, 0.5) is 29.1 Å². The van der Waals surface area contributed by atoms with E-state index in [1.807, 2.05) is 19.0 Å². The zero-order valence-corrected chi connectivity index (χ0v) is 21.9. The average Bonchev–Trinajstić information content (AvgIpc) is 2.87. The largest absolute Gasteiger partial charge is 0.416 e. The normalized spacial score (nSPS) is 18.6. The fourth-order valence-electron chi connectivity index (χ4n) is 4.85. The van der Waals surface area contributed by atoms with Crippen LogP contribution in [0.15, 0.2) is 66.0 Å². The predicted octanol–water partition coefficient (Wildman–Crippen LogP) is 4.97. The summed E-state index contributed by atoms with van der Waals surface area (Å²) < 4.78 is 82.2. The highest BCUT2D eigenvalue weighted by molar-refractivity contribution is 7.92. The van der Waals surface area contributed by atoms with Crippen molar-refractivity contribution in [2.75, 3.05) is 36.8 Å². The first-order chi connectivity index (χ1) is 17.9. The first kappa shape index (κ1) is 27.8. The van der Waals surface area contributed by atoms with E-state index in [2.05, 4.69) is 19.6 Å². The van der Waals surface area contributed by atoms with Gasteiger partial charge in [-0.3, -0.25) is 4.72 Å². The third-order valence-corrected chi connectivity index (χ3v) is 8.42. The molecule has 4 rings (SSSR count). The van der Waals surface area contributed by atoms with Gasteiger partial charge in [-0.05, 0) is 75.7 Å². The van der Waals surface area contributed by atoms with Crippen LogP contribution in [-0.4, -0.2) is 56.0 Å². The molecular formula is C26H29F4N5O2S. The number of hydrogen-bond donors (Lipinski definition) is 1. The first-order valence-electron chi connectivity index (χ1n) is 12.1. The maximum absolute atomic E-state index is 15.1. The van der Waals surface area contributed by atoms with Gasteiger partial charge in [0.1, 0.15) is 22.9 Å². The van der Waals surface area contributed by atoms with Crippen molar-refractivity contribution in [1.29, 1.82) is 0 Å². The molecule has 1 aliphatic rings. The summed E-state index contributed by atoms with van der Waals surface area (Å²) in [6.45, 7) is 1.16. The molecule has 1 fully saturated rings. The molecule has 1 atom stereocenters. The number of likely N-dealkylation sites (N-methyl/N-ethyl adjacent to an activating group) is 1. The molecule has 38 heavy (non-hydrogen) atoms. The molecule has 1 aliphatic heterocycles. The van der Waals surface area contributed by atoms with Gasteiger partial charge in [0.15, 0.2) is 0 Å². The maximum Gasteiger partial charge on any atom is 0.416 e. The van der Waals surface area contributed by atoms with Gasteiger partial charge in [-0.2, -0.15) is 13.2 Å². The molecule has 1 aromatic heterocycles. The summed E-state index contributed by atoms with van der Waals surface area (Å²) in [4.78, 5) is 11.1. The molecule has 0 unspecified atom stereocenters. The van der Waals surface area contributed by atoms with Crippen LogP contribution in [0.5, 0.6) is 0 Å². The van der Waals surface area contributed by atoms with Crippen molar-refractivity contribution in [3.8, 4) is 0 Å². The van der Waals surface area contributed by atoms with E-state index < -0.39 is 32.5 Å². The summed E-state index contributed by atoms with van der Waals surface area (Å²) in [6.07, 6.45) is 0.824. The second-order valence-electron chi connectivity index (χ2n) is 9.66. The van der Waals surface area contributed by atoms with Crippen LogP contribution >= 0.6 is 0 Å². The van der Waals surface area contributed by atoms with Crippen molar-refractivity contribution in [3.05, 3.63) is 78.0 Å². The van der Waals surface area contributed by atoms with Crippen molar-refractivity contribution < 1.29 is 26.0 Å². The molecule has 0 spiro atoms. The third kappa shape index (κ3) is 6.24. The van der Waals surface area contributed by atoms with E-state index in [0.717, 1.165) is 18.9 Å². The number of halogens is 4. The summed E-state index contributed by atoms with van der Waals surface area (Å²) in [5, 5.41) is 0. The predicted molar refractivity (Wildman–Crippen MR) is 137 cm³/mol. The van der Waals surface area contributed by atoms with Gasteiger partial charge in [0.2, 0.25) is 0 Å². The number of aryl methyl sites for hydroxylation is 1. The van der Waals surface area contributed by atoms with Gasteiger partial charge in [0.25, 0.3) is 10.0 Å². The van der Waals surface area contributed by atoms with Crippen LogP contribution in [0, 0.1) is 5.82 Å². The van der Waals surface area contributed by atoms with Gasteiger partial charge in [-0.1, -0.05) is 18.2 Å². The number of alkyl halides is 3. The Balaban J connectivity index is 1.52. The van der Waals surface area contributed by atoms with Crippen LogP contribution in [0.1, 0.15) is 30.4 Å². The lowest BCUT2D eigenvalue weighted by Crippen LogP contribution is -2.56. The van der Waals surface area contributed by atoms with Gasteiger partial charge in [0, 0.05) is 30.5 Å². The highest BCUT2D eigenvalue weighted by Gasteiger charge is 2.38. The van der Waals surface area contributed by atoms with E-state index in [9.17, 15) is 21.6 Å². The van der Waals surface area contributed by atoms with Crippen LogP contribution in [0.25, 0.3) is 0 Å². The van der Waals surface area contributed by atoms with Crippen LogP contribution in [0.2, 0.25) is 0 Å².